The Balaban J connectivity index is 1.06. The van der Waals surface area contributed by atoms with Gasteiger partial charge in [-0.25, -0.2) is 24.3 Å². The van der Waals surface area contributed by atoms with Crippen molar-refractivity contribution in [2.24, 2.45) is 0 Å². The normalized spacial score (nSPS) is 17.8. The largest absolute Gasteiger partial charge is 0.497 e. The predicted molar refractivity (Wildman–Crippen MR) is 237 cm³/mol. The molecule has 334 valence electrons. The third-order valence-corrected chi connectivity index (χ3v) is 10.9. The number of pyridine rings is 1. The SMILES string of the molecule is COc1ccc(CN(Cc2ccc(OC)cc2)c2nc3cc(OCC4=C[C@@H](n5ccc6c(C)nc(OC(=O)NC(=O)OC(C)(C)C)nc65)[C@@H]5OC(C)(C)O[C@H]45)cc(F)c3cc2Cl)cc1. The summed E-state index contributed by atoms with van der Waals surface area (Å²) in [5, 5.41) is 3.26. The molecular weight excluding hydrogens is 847 g/mol. The van der Waals surface area contributed by atoms with Crippen LogP contribution in [-0.2, 0) is 27.3 Å². The number of carbonyl (C=O) groups is 2. The lowest BCUT2D eigenvalue weighted by Crippen LogP contribution is -2.38. The molecule has 17 heteroatoms. The van der Waals surface area contributed by atoms with Gasteiger partial charge in [0.25, 0.3) is 0 Å². The van der Waals surface area contributed by atoms with E-state index in [0.29, 0.717) is 41.2 Å². The van der Waals surface area contributed by atoms with Crippen LogP contribution in [0.5, 0.6) is 23.3 Å². The summed E-state index contributed by atoms with van der Waals surface area (Å²) < 4.78 is 58.2. The second-order valence-corrected chi connectivity index (χ2v) is 17.3. The zero-order chi connectivity index (χ0) is 45.5. The molecule has 0 bridgehead atoms. The Hall–Kier alpha value is -6.49. The molecular formula is C47H48ClFN6O9. The average Bonchev–Trinajstić information content (AvgIpc) is 3.90. The molecule has 1 aliphatic carbocycles. The molecule has 1 saturated heterocycles. The number of amides is 2. The smallest absolute Gasteiger partial charge is 0.424 e. The van der Waals surface area contributed by atoms with E-state index in [1.54, 1.807) is 54.0 Å². The third kappa shape index (κ3) is 9.68. The number of anilines is 1. The summed E-state index contributed by atoms with van der Waals surface area (Å²) in [6.07, 6.45) is 0.727. The van der Waals surface area contributed by atoms with E-state index in [4.69, 9.17) is 49.7 Å². The Morgan fingerprint density at radius 2 is 1.53 bits per heavy atom. The van der Waals surface area contributed by atoms with Gasteiger partial charge in [-0.2, -0.15) is 9.97 Å². The minimum atomic E-state index is -1.10. The van der Waals surface area contributed by atoms with Crippen molar-refractivity contribution in [3.8, 4) is 23.3 Å². The number of nitrogens with zero attached hydrogens (tertiary/aromatic N) is 5. The number of methoxy groups -OCH3 is 2. The van der Waals surface area contributed by atoms with Crippen LogP contribution in [0, 0.1) is 12.7 Å². The predicted octanol–water partition coefficient (Wildman–Crippen LogP) is 9.41. The molecule has 2 aliphatic rings. The topological polar surface area (TPSA) is 158 Å². The van der Waals surface area contributed by atoms with Gasteiger partial charge in [0, 0.05) is 42.2 Å². The first-order valence-electron chi connectivity index (χ1n) is 20.5. The summed E-state index contributed by atoms with van der Waals surface area (Å²) in [6, 6.07) is 21.2. The van der Waals surface area contributed by atoms with Crippen LogP contribution < -0.4 is 29.2 Å². The second kappa shape index (κ2) is 17.6. The van der Waals surface area contributed by atoms with Gasteiger partial charge in [0.15, 0.2) is 5.79 Å². The van der Waals surface area contributed by atoms with Crippen LogP contribution in [0.3, 0.4) is 0 Å². The number of hydrogen-bond acceptors (Lipinski definition) is 13. The number of aromatic nitrogens is 4. The number of imide groups is 1. The van der Waals surface area contributed by atoms with Gasteiger partial charge < -0.3 is 42.6 Å². The number of rotatable bonds is 12. The fourth-order valence-corrected chi connectivity index (χ4v) is 8.07. The van der Waals surface area contributed by atoms with Crippen molar-refractivity contribution in [3.63, 3.8) is 0 Å². The van der Waals surface area contributed by atoms with Gasteiger partial charge in [0.2, 0.25) is 0 Å². The number of hydrogen-bond donors (Lipinski definition) is 1. The molecule has 0 radical (unpaired) electrons. The third-order valence-electron chi connectivity index (χ3n) is 10.6. The first-order valence-corrected chi connectivity index (χ1v) is 20.9. The molecule has 8 rings (SSSR count). The van der Waals surface area contributed by atoms with Crippen LogP contribution in [0.4, 0.5) is 19.8 Å². The average molecular weight is 895 g/mol. The summed E-state index contributed by atoms with van der Waals surface area (Å²) in [5.41, 5.74) is 3.27. The maximum atomic E-state index is 15.9. The van der Waals surface area contributed by atoms with Gasteiger partial charge in [-0.1, -0.05) is 41.9 Å². The first kappa shape index (κ1) is 44.1. The molecule has 1 aliphatic heterocycles. The zero-order valence-electron chi connectivity index (χ0n) is 36.6. The van der Waals surface area contributed by atoms with E-state index < -0.39 is 47.6 Å². The number of aryl methyl sites for hydroxylation is 1. The van der Waals surface area contributed by atoms with E-state index in [0.717, 1.165) is 28.2 Å². The highest BCUT2D eigenvalue weighted by molar-refractivity contribution is 6.33. The van der Waals surface area contributed by atoms with Crippen LogP contribution >= 0.6 is 11.6 Å². The molecule has 2 amide bonds. The lowest BCUT2D eigenvalue weighted by Gasteiger charge is -2.26. The quantitative estimate of drug-likeness (QED) is 0.116. The van der Waals surface area contributed by atoms with Crippen molar-refractivity contribution < 1.29 is 47.1 Å². The molecule has 3 aromatic carbocycles. The molecule has 3 aromatic heterocycles. The Kier molecular flexibility index (Phi) is 12.1. The van der Waals surface area contributed by atoms with Crippen molar-refractivity contribution in [2.75, 3.05) is 25.7 Å². The number of fused-ring (bicyclic) bond motifs is 3. The highest BCUT2D eigenvalue weighted by Gasteiger charge is 2.51. The highest BCUT2D eigenvalue weighted by atomic mass is 35.5. The van der Waals surface area contributed by atoms with E-state index in [1.807, 2.05) is 95.5 Å². The zero-order valence-corrected chi connectivity index (χ0v) is 37.4. The molecule has 0 spiro atoms. The number of halogens is 2. The molecule has 1 fully saturated rings. The van der Waals surface area contributed by atoms with Gasteiger partial charge in [-0.15, -0.1) is 0 Å². The lowest BCUT2D eigenvalue weighted by atomic mass is 10.1. The Morgan fingerprint density at radius 1 is 0.875 bits per heavy atom. The van der Waals surface area contributed by atoms with Crippen molar-refractivity contribution in [1.82, 2.24) is 24.8 Å². The minimum Gasteiger partial charge on any atom is -0.497 e. The van der Waals surface area contributed by atoms with Crippen LogP contribution in [0.25, 0.3) is 21.9 Å². The van der Waals surface area contributed by atoms with E-state index in [-0.39, 0.29) is 28.8 Å². The van der Waals surface area contributed by atoms with Crippen LogP contribution in [0.1, 0.15) is 57.5 Å². The number of benzene rings is 3. The summed E-state index contributed by atoms with van der Waals surface area (Å²) in [5.74, 6) is 0.707. The van der Waals surface area contributed by atoms with Gasteiger partial charge >= 0.3 is 18.2 Å². The fraction of sp³-hybridized carbons (Fsp3) is 0.340. The maximum absolute atomic E-state index is 15.9. The summed E-state index contributed by atoms with van der Waals surface area (Å²) in [7, 11) is 3.24. The van der Waals surface area contributed by atoms with Crippen molar-refractivity contribution in [1.29, 1.82) is 0 Å². The maximum Gasteiger partial charge on any atom is 0.424 e. The van der Waals surface area contributed by atoms with Crippen molar-refractivity contribution in [2.45, 2.75) is 84.3 Å². The molecule has 64 heavy (non-hydrogen) atoms. The number of alkyl carbamates (subject to hydrolysis) is 1. The lowest BCUT2D eigenvalue weighted by molar-refractivity contribution is -0.148. The van der Waals surface area contributed by atoms with Gasteiger partial charge in [0.1, 0.15) is 58.9 Å². The minimum absolute atomic E-state index is 0.0377. The Morgan fingerprint density at radius 3 is 2.16 bits per heavy atom. The van der Waals surface area contributed by atoms with Crippen LogP contribution in [-0.4, -0.2) is 76.1 Å². The second-order valence-electron chi connectivity index (χ2n) is 16.9. The Labute approximate surface area is 374 Å². The number of nitrogens with one attached hydrogen (secondary N) is 1. The molecule has 4 heterocycles. The van der Waals surface area contributed by atoms with Crippen LogP contribution in [0.15, 0.2) is 90.6 Å². The summed E-state index contributed by atoms with van der Waals surface area (Å²) in [4.78, 5) is 40.6. The van der Waals surface area contributed by atoms with E-state index in [2.05, 4.69) is 9.97 Å². The monoisotopic (exact) mass is 894 g/mol. The van der Waals surface area contributed by atoms with Crippen molar-refractivity contribution >= 4 is 51.5 Å². The summed E-state index contributed by atoms with van der Waals surface area (Å²) in [6.45, 7) is 11.4. The first-order chi connectivity index (χ1) is 30.4. The van der Waals surface area contributed by atoms with E-state index in [1.165, 1.54) is 6.07 Å². The van der Waals surface area contributed by atoms with E-state index >= 15 is 4.39 Å². The van der Waals surface area contributed by atoms with E-state index in [9.17, 15) is 9.59 Å². The fourth-order valence-electron chi connectivity index (χ4n) is 7.80. The highest BCUT2D eigenvalue weighted by Crippen LogP contribution is 2.45. The molecule has 0 unspecified atom stereocenters. The standard InChI is InChI=1S/C47H48ClFN6O9/c1-26-33-17-18-55(41(33)52-43(50-26)61-44(56)53-45(57)64-46(2,3)4)38-19-29(39-40(38)63-47(5,6)62-39)25-60-32-20-36(49)34-22-35(48)42(51-37(34)21-32)54(23-27-9-13-30(58-7)14-10-27)24-28-11-15-31(59-8)16-12-28/h9-22,38-40H,23-25H2,1-8H3,(H,53,56,57)/t38-,39-,40+/m1/s1. The molecule has 1 N–H and O–H groups in total. The molecule has 3 atom stereocenters. The number of carbonyl (C=O) groups excluding carboxylic acids is 2. The molecule has 15 nitrogen and oxygen atoms in total. The van der Waals surface area contributed by atoms with Crippen molar-refractivity contribution in [3.05, 3.63) is 118 Å². The Bertz CT molecular complexity index is 2710. The van der Waals surface area contributed by atoms with Gasteiger partial charge in [-0.05, 0) is 94.6 Å². The number of ether oxygens (including phenoxy) is 7. The summed E-state index contributed by atoms with van der Waals surface area (Å²) >= 11 is 6.90. The van der Waals surface area contributed by atoms with Gasteiger partial charge in [0.05, 0.1) is 36.5 Å². The molecule has 0 saturated carbocycles. The van der Waals surface area contributed by atoms with Crippen LogP contribution in [0.2, 0.25) is 5.02 Å². The molecule has 6 aromatic rings. The van der Waals surface area contributed by atoms with Gasteiger partial charge in [-0.3, -0.25) is 0 Å².